The van der Waals surface area contributed by atoms with Crippen LogP contribution in [0.2, 0.25) is 0 Å². The van der Waals surface area contributed by atoms with E-state index in [1.54, 1.807) is 17.0 Å². The molecule has 0 unspecified atom stereocenters. The van der Waals surface area contributed by atoms with Crippen LogP contribution in [-0.4, -0.2) is 55.2 Å². The lowest BCUT2D eigenvalue weighted by atomic mass is 10.1. The van der Waals surface area contributed by atoms with Gasteiger partial charge < -0.3 is 4.74 Å². The van der Waals surface area contributed by atoms with Crippen LogP contribution in [0.5, 0.6) is 0 Å². The predicted octanol–water partition coefficient (Wildman–Crippen LogP) is 4.42. The van der Waals surface area contributed by atoms with Crippen LogP contribution in [-0.2, 0) is 4.74 Å². The number of aromatic nitrogens is 1. The van der Waals surface area contributed by atoms with Gasteiger partial charge in [-0.25, -0.2) is 9.37 Å². The molecule has 4 rings (SSSR count). The third kappa shape index (κ3) is 4.53. The van der Waals surface area contributed by atoms with Gasteiger partial charge in [0.05, 0.1) is 23.4 Å². The summed E-state index contributed by atoms with van der Waals surface area (Å²) in [6.45, 7) is 8.87. The lowest BCUT2D eigenvalue weighted by Gasteiger charge is -2.27. The second-order valence-corrected chi connectivity index (χ2v) is 8.63. The van der Waals surface area contributed by atoms with E-state index in [2.05, 4.69) is 30.9 Å². The molecule has 7 heteroatoms. The number of aryl methyl sites for hydroxylation is 2. The molecule has 1 aliphatic rings. The summed E-state index contributed by atoms with van der Waals surface area (Å²) in [5, 5.41) is 0.662. The molecule has 0 N–H and O–H groups in total. The molecule has 1 saturated heterocycles. The highest BCUT2D eigenvalue weighted by Crippen LogP contribution is 2.32. The number of thiazole rings is 1. The van der Waals surface area contributed by atoms with Crippen LogP contribution in [0.15, 0.2) is 36.4 Å². The van der Waals surface area contributed by atoms with Gasteiger partial charge in [0.15, 0.2) is 5.13 Å². The first-order valence-corrected chi connectivity index (χ1v) is 11.1. The van der Waals surface area contributed by atoms with Gasteiger partial charge in [0.2, 0.25) is 0 Å². The van der Waals surface area contributed by atoms with E-state index in [9.17, 15) is 9.18 Å². The summed E-state index contributed by atoms with van der Waals surface area (Å²) in [6.07, 6.45) is 0.814. The zero-order valence-corrected chi connectivity index (χ0v) is 18.2. The Hall–Kier alpha value is -2.35. The van der Waals surface area contributed by atoms with Crippen molar-refractivity contribution in [2.75, 3.05) is 44.3 Å². The van der Waals surface area contributed by atoms with E-state index in [4.69, 9.17) is 9.72 Å². The smallest absolute Gasteiger partial charge is 0.260 e. The summed E-state index contributed by atoms with van der Waals surface area (Å²) in [4.78, 5) is 22.2. The minimum absolute atomic E-state index is 0.218. The molecule has 0 bridgehead atoms. The third-order valence-corrected chi connectivity index (χ3v) is 6.62. The Morgan fingerprint density at radius 3 is 2.80 bits per heavy atom. The van der Waals surface area contributed by atoms with Gasteiger partial charge in [-0.05, 0) is 55.7 Å². The predicted molar refractivity (Wildman–Crippen MR) is 119 cm³/mol. The van der Waals surface area contributed by atoms with E-state index in [0.717, 1.165) is 55.0 Å². The number of carbonyl (C=O) groups is 1. The molecule has 158 valence electrons. The molecule has 2 aromatic carbocycles. The van der Waals surface area contributed by atoms with Gasteiger partial charge in [-0.2, -0.15) is 0 Å². The highest BCUT2D eigenvalue weighted by molar-refractivity contribution is 7.22. The number of hydrogen-bond acceptors (Lipinski definition) is 5. The van der Waals surface area contributed by atoms with E-state index >= 15 is 0 Å². The van der Waals surface area contributed by atoms with Crippen molar-refractivity contribution in [1.29, 1.82) is 0 Å². The number of morpholine rings is 1. The number of hydrogen-bond donors (Lipinski definition) is 0. The second-order valence-electron chi connectivity index (χ2n) is 7.63. The van der Waals surface area contributed by atoms with Gasteiger partial charge in [0, 0.05) is 31.7 Å². The molecule has 2 heterocycles. The average molecular weight is 428 g/mol. The van der Waals surface area contributed by atoms with Crippen LogP contribution in [0.1, 0.15) is 27.9 Å². The van der Waals surface area contributed by atoms with Crippen LogP contribution >= 0.6 is 11.3 Å². The molecular formula is C23H26FN3O2S. The molecule has 3 aromatic rings. The Bertz CT molecular complexity index is 1050. The highest BCUT2D eigenvalue weighted by Gasteiger charge is 2.22. The fraction of sp³-hybridized carbons (Fsp3) is 0.391. The van der Waals surface area contributed by atoms with Crippen LogP contribution in [0.25, 0.3) is 10.2 Å². The largest absolute Gasteiger partial charge is 0.379 e. The zero-order chi connectivity index (χ0) is 21.1. The number of amides is 1. The Morgan fingerprint density at radius 1 is 1.23 bits per heavy atom. The van der Waals surface area contributed by atoms with Crippen molar-refractivity contribution in [3.8, 4) is 0 Å². The quantitative estimate of drug-likeness (QED) is 0.584. The molecule has 30 heavy (non-hydrogen) atoms. The second kappa shape index (κ2) is 9.20. The molecule has 1 fully saturated rings. The van der Waals surface area contributed by atoms with Crippen molar-refractivity contribution in [2.45, 2.75) is 20.3 Å². The Morgan fingerprint density at radius 2 is 2.03 bits per heavy atom. The van der Waals surface area contributed by atoms with Gasteiger partial charge >= 0.3 is 0 Å². The number of nitrogens with zero attached hydrogens (tertiary/aromatic N) is 3. The van der Waals surface area contributed by atoms with Crippen LogP contribution in [0.4, 0.5) is 9.52 Å². The summed E-state index contributed by atoms with van der Waals surface area (Å²) in [7, 11) is 0. The van der Waals surface area contributed by atoms with Gasteiger partial charge in [-0.15, -0.1) is 0 Å². The zero-order valence-electron chi connectivity index (χ0n) is 17.4. The van der Waals surface area contributed by atoms with Crippen molar-refractivity contribution in [1.82, 2.24) is 9.88 Å². The van der Waals surface area contributed by atoms with Gasteiger partial charge in [-0.1, -0.05) is 23.5 Å². The topological polar surface area (TPSA) is 45.7 Å². The van der Waals surface area contributed by atoms with E-state index < -0.39 is 5.82 Å². The molecular weight excluding hydrogens is 401 g/mol. The SMILES string of the molecule is Cc1ccc2sc(N(CCCN3CCOCC3)C(=O)c3cccc(F)c3)nc2c1C. The first-order valence-electron chi connectivity index (χ1n) is 10.3. The van der Waals surface area contributed by atoms with Crippen LogP contribution in [0, 0.1) is 19.7 Å². The number of carbonyl (C=O) groups excluding carboxylic acids is 1. The lowest BCUT2D eigenvalue weighted by Crippen LogP contribution is -2.39. The standard InChI is InChI=1S/C23H26FN3O2S/c1-16-7-8-20-21(17(16)2)25-23(30-20)27(10-4-9-26-11-13-29-14-12-26)22(28)18-5-3-6-19(24)15-18/h3,5-8,15H,4,9-14H2,1-2H3. The Kier molecular flexibility index (Phi) is 6.41. The van der Waals surface area contributed by atoms with Gasteiger partial charge in [0.25, 0.3) is 5.91 Å². The fourth-order valence-electron chi connectivity index (χ4n) is 3.67. The van der Waals surface area contributed by atoms with E-state index in [1.807, 2.05) is 0 Å². The molecule has 0 atom stereocenters. The van der Waals surface area contributed by atoms with Gasteiger partial charge in [0.1, 0.15) is 5.82 Å². The number of halogens is 1. The number of rotatable bonds is 6. The molecule has 5 nitrogen and oxygen atoms in total. The number of anilines is 1. The normalized spacial score (nSPS) is 14.9. The maximum Gasteiger partial charge on any atom is 0.260 e. The Labute approximate surface area is 180 Å². The first kappa shape index (κ1) is 20.9. The maximum atomic E-state index is 13.8. The third-order valence-electron chi connectivity index (χ3n) is 5.58. The minimum atomic E-state index is -0.412. The summed E-state index contributed by atoms with van der Waals surface area (Å²) < 4.78 is 20.2. The van der Waals surface area contributed by atoms with E-state index in [-0.39, 0.29) is 5.91 Å². The molecule has 0 aliphatic carbocycles. The van der Waals surface area contributed by atoms with Crippen molar-refractivity contribution < 1.29 is 13.9 Å². The summed E-state index contributed by atoms with van der Waals surface area (Å²) in [6, 6.07) is 10.0. The number of fused-ring (bicyclic) bond motifs is 1. The van der Waals surface area contributed by atoms with Crippen molar-refractivity contribution in [3.63, 3.8) is 0 Å². The van der Waals surface area contributed by atoms with Crippen molar-refractivity contribution in [3.05, 3.63) is 58.9 Å². The molecule has 1 amide bonds. The maximum absolute atomic E-state index is 13.8. The first-order chi connectivity index (χ1) is 14.5. The average Bonchev–Trinajstić information content (AvgIpc) is 3.19. The molecule has 0 saturated carbocycles. The lowest BCUT2D eigenvalue weighted by molar-refractivity contribution is 0.0376. The molecule has 1 aliphatic heterocycles. The molecule has 1 aromatic heterocycles. The summed E-state index contributed by atoms with van der Waals surface area (Å²) in [5.41, 5.74) is 3.57. The van der Waals surface area contributed by atoms with Gasteiger partial charge in [-0.3, -0.25) is 14.6 Å². The number of benzene rings is 2. The van der Waals surface area contributed by atoms with E-state index in [0.29, 0.717) is 17.2 Å². The minimum Gasteiger partial charge on any atom is -0.379 e. The van der Waals surface area contributed by atoms with Crippen molar-refractivity contribution >= 4 is 32.6 Å². The van der Waals surface area contributed by atoms with Crippen molar-refractivity contribution in [2.24, 2.45) is 0 Å². The Balaban J connectivity index is 1.60. The molecule has 0 radical (unpaired) electrons. The number of ether oxygens (including phenoxy) is 1. The fourth-order valence-corrected chi connectivity index (χ4v) is 4.72. The summed E-state index contributed by atoms with van der Waals surface area (Å²) in [5.74, 6) is -0.630. The van der Waals surface area contributed by atoms with E-state index in [1.165, 1.54) is 29.0 Å². The monoisotopic (exact) mass is 427 g/mol. The van der Waals surface area contributed by atoms with Crippen LogP contribution < -0.4 is 4.90 Å². The highest BCUT2D eigenvalue weighted by atomic mass is 32.1. The summed E-state index contributed by atoms with van der Waals surface area (Å²) >= 11 is 1.51. The van der Waals surface area contributed by atoms with Crippen LogP contribution in [0.3, 0.4) is 0 Å². The molecule has 0 spiro atoms.